The van der Waals surface area contributed by atoms with Crippen molar-refractivity contribution in [3.63, 3.8) is 0 Å². The molecule has 3 aromatic heterocycles. The minimum Gasteiger partial charge on any atom is -0.389 e. The standard InChI is InChI=1S/C16H11F3N6OS/c17-16(18,19)13-1-2-20-15(24-13)23-8-3-9(10-5-22-25-11(10)4-8)12-6-21-14(7-26)27-12/h1-6,26H,7H2,(H,22,25)(H,20,23,24). The van der Waals surface area contributed by atoms with Gasteiger partial charge in [0.25, 0.3) is 0 Å². The Bertz CT molecular complexity index is 1110. The van der Waals surface area contributed by atoms with Crippen molar-refractivity contribution in [3.8, 4) is 10.4 Å². The van der Waals surface area contributed by atoms with Crippen molar-refractivity contribution in [2.75, 3.05) is 5.32 Å². The highest BCUT2D eigenvalue weighted by Crippen LogP contribution is 2.35. The molecule has 0 atom stereocenters. The first kappa shape index (κ1) is 17.4. The van der Waals surface area contributed by atoms with Gasteiger partial charge >= 0.3 is 6.18 Å². The minimum atomic E-state index is -4.55. The van der Waals surface area contributed by atoms with Crippen molar-refractivity contribution < 1.29 is 18.3 Å². The zero-order valence-electron chi connectivity index (χ0n) is 13.4. The number of alkyl halides is 3. The van der Waals surface area contributed by atoms with Crippen molar-refractivity contribution in [2.24, 2.45) is 0 Å². The number of anilines is 2. The summed E-state index contributed by atoms with van der Waals surface area (Å²) in [6, 6.07) is 4.25. The highest BCUT2D eigenvalue weighted by atomic mass is 32.1. The fraction of sp³-hybridized carbons (Fsp3) is 0.125. The smallest absolute Gasteiger partial charge is 0.389 e. The average Bonchev–Trinajstić information content (AvgIpc) is 3.29. The maximum absolute atomic E-state index is 12.8. The Morgan fingerprint density at radius 1 is 1.19 bits per heavy atom. The molecule has 7 nitrogen and oxygen atoms in total. The Labute approximate surface area is 153 Å². The second-order valence-corrected chi connectivity index (χ2v) is 6.63. The molecule has 0 bridgehead atoms. The van der Waals surface area contributed by atoms with Gasteiger partial charge in [-0.1, -0.05) is 0 Å². The van der Waals surface area contributed by atoms with Crippen LogP contribution < -0.4 is 5.32 Å². The van der Waals surface area contributed by atoms with Gasteiger partial charge in [-0.15, -0.1) is 11.3 Å². The predicted octanol–water partition coefficient (Wildman–Crippen LogP) is 3.73. The zero-order chi connectivity index (χ0) is 19.0. The number of aromatic amines is 1. The normalized spacial score (nSPS) is 11.9. The SMILES string of the molecule is OCc1ncc(-c2cc(Nc3nccc(C(F)(F)F)n3)cc3[nH]ncc23)s1. The lowest BCUT2D eigenvalue weighted by Crippen LogP contribution is -2.10. The summed E-state index contributed by atoms with van der Waals surface area (Å²) in [5.41, 5.74) is 0.909. The number of fused-ring (bicyclic) bond motifs is 1. The lowest BCUT2D eigenvalue weighted by molar-refractivity contribution is -0.141. The molecule has 138 valence electrons. The fourth-order valence-electron chi connectivity index (χ4n) is 2.54. The zero-order valence-corrected chi connectivity index (χ0v) is 14.3. The fourth-order valence-corrected chi connectivity index (χ4v) is 3.35. The number of rotatable bonds is 4. The highest BCUT2D eigenvalue weighted by Gasteiger charge is 2.32. The van der Waals surface area contributed by atoms with Gasteiger partial charge in [0, 0.05) is 29.0 Å². The second-order valence-electron chi connectivity index (χ2n) is 5.52. The molecule has 0 aliphatic carbocycles. The van der Waals surface area contributed by atoms with Gasteiger partial charge in [0.15, 0.2) is 0 Å². The van der Waals surface area contributed by atoms with Gasteiger partial charge < -0.3 is 10.4 Å². The summed E-state index contributed by atoms with van der Waals surface area (Å²) >= 11 is 1.31. The van der Waals surface area contributed by atoms with Crippen molar-refractivity contribution >= 4 is 33.9 Å². The van der Waals surface area contributed by atoms with E-state index in [4.69, 9.17) is 0 Å². The number of aliphatic hydroxyl groups is 1. The lowest BCUT2D eigenvalue weighted by atomic mass is 10.1. The Hall–Kier alpha value is -3.05. The number of H-pyrrole nitrogens is 1. The molecule has 3 N–H and O–H groups in total. The number of halogens is 3. The lowest BCUT2D eigenvalue weighted by Gasteiger charge is -2.10. The van der Waals surface area contributed by atoms with Gasteiger partial charge in [-0.25, -0.2) is 15.0 Å². The number of thiazole rings is 1. The molecule has 4 aromatic rings. The first-order valence-electron chi connectivity index (χ1n) is 7.64. The van der Waals surface area contributed by atoms with Gasteiger partial charge in [-0.05, 0) is 18.2 Å². The Balaban J connectivity index is 1.75. The van der Waals surface area contributed by atoms with Crippen molar-refractivity contribution in [1.82, 2.24) is 25.1 Å². The van der Waals surface area contributed by atoms with Gasteiger partial charge in [0.1, 0.15) is 10.7 Å². The number of nitrogens with zero attached hydrogens (tertiary/aromatic N) is 4. The van der Waals surface area contributed by atoms with Crippen molar-refractivity contribution in [3.05, 3.63) is 47.5 Å². The predicted molar refractivity (Wildman–Crippen MR) is 93.4 cm³/mol. The van der Waals surface area contributed by atoms with Gasteiger partial charge in [-0.3, -0.25) is 5.10 Å². The number of aromatic nitrogens is 5. The second kappa shape index (κ2) is 6.59. The summed E-state index contributed by atoms with van der Waals surface area (Å²) in [7, 11) is 0. The number of hydrogen-bond donors (Lipinski definition) is 3. The van der Waals surface area contributed by atoms with Crippen LogP contribution in [0.4, 0.5) is 24.8 Å². The van der Waals surface area contributed by atoms with Gasteiger partial charge in [0.2, 0.25) is 5.95 Å². The van der Waals surface area contributed by atoms with Crippen molar-refractivity contribution in [2.45, 2.75) is 12.8 Å². The molecule has 11 heteroatoms. The highest BCUT2D eigenvalue weighted by molar-refractivity contribution is 7.15. The molecule has 27 heavy (non-hydrogen) atoms. The van der Waals surface area contributed by atoms with E-state index in [-0.39, 0.29) is 12.6 Å². The quantitative estimate of drug-likeness (QED) is 0.489. The summed E-state index contributed by atoms with van der Waals surface area (Å²) in [5, 5.41) is 20.2. The molecular formula is C16H11F3N6OS. The maximum Gasteiger partial charge on any atom is 0.433 e. The Morgan fingerprint density at radius 3 is 2.78 bits per heavy atom. The first-order valence-corrected chi connectivity index (χ1v) is 8.46. The van der Waals surface area contributed by atoms with Crippen LogP contribution in [0.1, 0.15) is 10.7 Å². The first-order chi connectivity index (χ1) is 12.9. The molecule has 0 saturated heterocycles. The Morgan fingerprint density at radius 2 is 2.04 bits per heavy atom. The molecule has 0 radical (unpaired) electrons. The molecule has 0 aliphatic heterocycles. The van der Waals surface area contributed by atoms with Crippen LogP contribution in [-0.4, -0.2) is 30.3 Å². The van der Waals surface area contributed by atoms with E-state index >= 15 is 0 Å². The summed E-state index contributed by atoms with van der Waals surface area (Å²) < 4.78 is 38.5. The molecule has 1 aromatic carbocycles. The third-order valence-electron chi connectivity index (χ3n) is 3.72. The van der Waals surface area contributed by atoms with E-state index < -0.39 is 11.9 Å². The minimum absolute atomic E-state index is 0.171. The van der Waals surface area contributed by atoms with E-state index in [0.29, 0.717) is 16.2 Å². The monoisotopic (exact) mass is 392 g/mol. The molecule has 0 unspecified atom stereocenters. The van der Waals surface area contributed by atoms with E-state index in [9.17, 15) is 18.3 Å². The van der Waals surface area contributed by atoms with E-state index in [2.05, 4.69) is 30.5 Å². The van der Waals surface area contributed by atoms with Crippen LogP contribution in [0.2, 0.25) is 0 Å². The molecule has 3 heterocycles. The van der Waals surface area contributed by atoms with Crippen LogP contribution in [0.3, 0.4) is 0 Å². The van der Waals surface area contributed by atoms with E-state index in [1.807, 2.05) is 0 Å². The average molecular weight is 392 g/mol. The molecule has 0 amide bonds. The van der Waals surface area contributed by atoms with Crippen LogP contribution in [0.5, 0.6) is 0 Å². The van der Waals surface area contributed by atoms with Crippen LogP contribution in [0.25, 0.3) is 21.3 Å². The molecule has 0 aliphatic rings. The maximum atomic E-state index is 12.8. The van der Waals surface area contributed by atoms with Crippen LogP contribution in [0.15, 0.2) is 36.8 Å². The summed E-state index contributed by atoms with van der Waals surface area (Å²) in [6.45, 7) is -0.171. The van der Waals surface area contributed by atoms with Crippen LogP contribution in [-0.2, 0) is 12.8 Å². The summed E-state index contributed by atoms with van der Waals surface area (Å²) in [6.07, 6.45) is -0.234. The van der Waals surface area contributed by atoms with Crippen molar-refractivity contribution in [1.29, 1.82) is 0 Å². The summed E-state index contributed by atoms with van der Waals surface area (Å²) in [5.74, 6) is -0.171. The number of benzene rings is 1. The summed E-state index contributed by atoms with van der Waals surface area (Å²) in [4.78, 5) is 12.3. The topological polar surface area (TPSA) is 99.6 Å². The Kier molecular flexibility index (Phi) is 4.24. The number of aliphatic hydroxyl groups excluding tert-OH is 1. The molecular weight excluding hydrogens is 381 g/mol. The molecule has 0 fully saturated rings. The van der Waals surface area contributed by atoms with E-state index in [1.165, 1.54) is 11.3 Å². The van der Waals surface area contributed by atoms with Gasteiger partial charge in [-0.2, -0.15) is 18.3 Å². The molecule has 0 spiro atoms. The third kappa shape index (κ3) is 3.46. The molecule has 4 rings (SSSR count). The number of nitrogens with one attached hydrogen (secondary N) is 2. The van der Waals surface area contributed by atoms with Crippen LogP contribution >= 0.6 is 11.3 Å². The largest absolute Gasteiger partial charge is 0.433 e. The third-order valence-corrected chi connectivity index (χ3v) is 4.73. The number of hydrogen-bond acceptors (Lipinski definition) is 7. The van der Waals surface area contributed by atoms with Gasteiger partial charge in [0.05, 0.1) is 23.2 Å². The van der Waals surface area contributed by atoms with E-state index in [0.717, 1.165) is 28.1 Å². The van der Waals surface area contributed by atoms with Crippen LogP contribution in [0, 0.1) is 0 Å². The van der Waals surface area contributed by atoms with E-state index in [1.54, 1.807) is 24.5 Å². The molecule has 0 saturated carbocycles.